The van der Waals surface area contributed by atoms with Gasteiger partial charge in [0.2, 0.25) is 0 Å². The summed E-state index contributed by atoms with van der Waals surface area (Å²) < 4.78 is 5.75. The van der Waals surface area contributed by atoms with Gasteiger partial charge in [-0.2, -0.15) is 0 Å². The van der Waals surface area contributed by atoms with Gasteiger partial charge in [-0.05, 0) is 47.9 Å². The van der Waals surface area contributed by atoms with Crippen molar-refractivity contribution in [2.24, 2.45) is 5.41 Å². The topological polar surface area (TPSA) is 41.5 Å². The fraction of sp³-hybridized carbons (Fsp3) is 0.684. The van der Waals surface area contributed by atoms with E-state index in [1.165, 1.54) is 5.56 Å². The first-order valence-corrected chi connectivity index (χ1v) is 8.29. The van der Waals surface area contributed by atoms with Crippen LogP contribution in [0.1, 0.15) is 53.0 Å². The van der Waals surface area contributed by atoms with Gasteiger partial charge in [0.25, 0.3) is 0 Å². The minimum atomic E-state index is 0.172. The van der Waals surface area contributed by atoms with E-state index in [4.69, 9.17) is 9.84 Å². The van der Waals surface area contributed by atoms with E-state index >= 15 is 0 Å². The molecule has 0 radical (unpaired) electrons. The number of hydrogen-bond acceptors (Lipinski definition) is 3. The van der Waals surface area contributed by atoms with E-state index in [1.807, 2.05) is 0 Å². The molecule has 0 aromatic heterocycles. The van der Waals surface area contributed by atoms with Crippen LogP contribution >= 0.6 is 0 Å². The second kappa shape index (κ2) is 8.54. The number of benzene rings is 1. The Morgan fingerprint density at radius 1 is 1.00 bits per heavy atom. The molecule has 1 aromatic rings. The number of aliphatic hydroxyl groups is 1. The fourth-order valence-electron chi connectivity index (χ4n) is 3.02. The molecular weight excluding hydrogens is 274 g/mol. The van der Waals surface area contributed by atoms with Gasteiger partial charge in [0.05, 0.1) is 13.2 Å². The monoisotopic (exact) mass is 307 g/mol. The lowest BCUT2D eigenvalue weighted by Gasteiger charge is -2.33. The minimum absolute atomic E-state index is 0.172. The van der Waals surface area contributed by atoms with Gasteiger partial charge < -0.3 is 15.2 Å². The molecule has 0 aliphatic heterocycles. The summed E-state index contributed by atoms with van der Waals surface area (Å²) in [6.45, 7) is 13.9. The number of ether oxygens (including phenoxy) is 1. The van der Waals surface area contributed by atoms with E-state index in [0.29, 0.717) is 18.6 Å². The van der Waals surface area contributed by atoms with Gasteiger partial charge in [-0.3, -0.25) is 0 Å². The van der Waals surface area contributed by atoms with Gasteiger partial charge in [-0.25, -0.2) is 0 Å². The van der Waals surface area contributed by atoms with Crippen LogP contribution in [0.3, 0.4) is 0 Å². The van der Waals surface area contributed by atoms with Gasteiger partial charge >= 0.3 is 0 Å². The molecule has 0 aliphatic carbocycles. The third-order valence-electron chi connectivity index (χ3n) is 3.66. The van der Waals surface area contributed by atoms with Crippen molar-refractivity contribution < 1.29 is 9.84 Å². The molecule has 0 amide bonds. The number of nitrogens with one attached hydrogen (secondary N) is 1. The lowest BCUT2D eigenvalue weighted by molar-refractivity contribution is 0.280. The number of aliphatic hydroxyl groups excluding tert-OH is 1. The summed E-state index contributed by atoms with van der Waals surface area (Å²) in [6, 6.07) is 8.51. The highest BCUT2D eigenvalue weighted by atomic mass is 16.5. The van der Waals surface area contributed by atoms with Crippen molar-refractivity contribution >= 4 is 0 Å². The Labute approximate surface area is 136 Å². The van der Waals surface area contributed by atoms with Crippen LogP contribution in [0.5, 0.6) is 5.75 Å². The Bertz CT molecular complexity index is 418. The summed E-state index contributed by atoms with van der Waals surface area (Å²) in [4.78, 5) is 0. The summed E-state index contributed by atoms with van der Waals surface area (Å²) in [5, 5.41) is 11.8. The van der Waals surface area contributed by atoms with Gasteiger partial charge in [0.1, 0.15) is 5.75 Å². The second-order valence-electron chi connectivity index (χ2n) is 7.82. The van der Waals surface area contributed by atoms with Crippen LogP contribution < -0.4 is 10.1 Å². The summed E-state index contributed by atoms with van der Waals surface area (Å²) >= 11 is 0. The van der Waals surface area contributed by atoms with Gasteiger partial charge in [-0.1, -0.05) is 46.8 Å². The highest BCUT2D eigenvalue weighted by Crippen LogP contribution is 2.36. The van der Waals surface area contributed by atoms with E-state index in [-0.39, 0.29) is 12.0 Å². The first-order chi connectivity index (χ1) is 10.2. The molecule has 0 aliphatic rings. The molecule has 22 heavy (non-hydrogen) atoms. The Hall–Kier alpha value is -1.06. The van der Waals surface area contributed by atoms with Crippen LogP contribution in [0.4, 0.5) is 0 Å². The Morgan fingerprint density at radius 3 is 2.18 bits per heavy atom. The van der Waals surface area contributed by atoms with Crippen LogP contribution in [0, 0.1) is 5.41 Å². The molecule has 0 saturated carbocycles. The van der Waals surface area contributed by atoms with Crippen LogP contribution in [0.2, 0.25) is 0 Å². The van der Waals surface area contributed by atoms with E-state index in [0.717, 1.165) is 25.1 Å². The quantitative estimate of drug-likeness (QED) is 0.683. The maximum Gasteiger partial charge on any atom is 0.119 e. The first-order valence-electron chi connectivity index (χ1n) is 8.29. The van der Waals surface area contributed by atoms with E-state index in [1.54, 1.807) is 0 Å². The van der Waals surface area contributed by atoms with Crippen molar-refractivity contribution in [2.45, 2.75) is 52.9 Å². The molecule has 0 heterocycles. The zero-order valence-corrected chi connectivity index (χ0v) is 14.9. The molecule has 3 heteroatoms. The molecule has 0 spiro atoms. The zero-order chi connectivity index (χ0) is 16.6. The number of hydrogen-bond donors (Lipinski definition) is 2. The third kappa shape index (κ3) is 7.28. The molecule has 0 saturated heterocycles. The van der Waals surface area contributed by atoms with Crippen LogP contribution in [-0.2, 0) is 5.41 Å². The summed E-state index contributed by atoms with van der Waals surface area (Å²) in [7, 11) is 0. The molecule has 0 bridgehead atoms. The van der Waals surface area contributed by atoms with Crippen molar-refractivity contribution in [3.05, 3.63) is 29.8 Å². The Kier molecular flexibility index (Phi) is 7.37. The molecular formula is C19H33NO2. The van der Waals surface area contributed by atoms with Gasteiger partial charge in [0, 0.05) is 6.54 Å². The average molecular weight is 307 g/mol. The highest BCUT2D eigenvalue weighted by Gasteiger charge is 2.27. The maximum atomic E-state index is 8.67. The SMILES string of the molecule is CC(C)(C)CC(C)(C)c1ccc(OCCCNCCO)cc1. The lowest BCUT2D eigenvalue weighted by Crippen LogP contribution is -2.24. The van der Waals surface area contributed by atoms with Crippen molar-refractivity contribution in [1.82, 2.24) is 5.32 Å². The highest BCUT2D eigenvalue weighted by molar-refractivity contribution is 5.31. The molecule has 0 fully saturated rings. The second-order valence-corrected chi connectivity index (χ2v) is 7.82. The molecule has 2 N–H and O–H groups in total. The average Bonchev–Trinajstić information content (AvgIpc) is 2.40. The zero-order valence-electron chi connectivity index (χ0n) is 14.9. The van der Waals surface area contributed by atoms with Crippen LogP contribution in [-0.4, -0.2) is 31.4 Å². The minimum Gasteiger partial charge on any atom is -0.494 e. The van der Waals surface area contributed by atoms with E-state index in [9.17, 15) is 0 Å². The first kappa shape index (κ1) is 19.0. The molecule has 0 atom stereocenters. The lowest BCUT2D eigenvalue weighted by atomic mass is 9.72. The normalized spacial score (nSPS) is 12.5. The Balaban J connectivity index is 2.45. The molecule has 3 nitrogen and oxygen atoms in total. The molecule has 126 valence electrons. The summed E-state index contributed by atoms with van der Waals surface area (Å²) in [5.41, 5.74) is 1.85. The predicted octanol–water partition coefficient (Wildman–Crippen LogP) is 3.75. The van der Waals surface area contributed by atoms with E-state index in [2.05, 4.69) is 64.2 Å². The molecule has 1 aromatic carbocycles. The van der Waals surface area contributed by atoms with Crippen molar-refractivity contribution in [1.29, 1.82) is 0 Å². The standard InChI is InChI=1S/C19H33NO2/c1-18(2,3)15-19(4,5)16-7-9-17(10-8-16)22-14-6-11-20-12-13-21/h7-10,20-21H,6,11-15H2,1-5H3. The fourth-order valence-corrected chi connectivity index (χ4v) is 3.02. The van der Waals surface area contributed by atoms with Crippen LogP contribution in [0.15, 0.2) is 24.3 Å². The smallest absolute Gasteiger partial charge is 0.119 e. The van der Waals surface area contributed by atoms with Crippen molar-refractivity contribution in [2.75, 3.05) is 26.3 Å². The van der Waals surface area contributed by atoms with Crippen LogP contribution in [0.25, 0.3) is 0 Å². The van der Waals surface area contributed by atoms with Crippen molar-refractivity contribution in [3.63, 3.8) is 0 Å². The predicted molar refractivity (Wildman–Crippen MR) is 93.6 cm³/mol. The molecule has 1 rings (SSSR count). The molecule has 0 unspecified atom stereocenters. The Morgan fingerprint density at radius 2 is 1.64 bits per heavy atom. The van der Waals surface area contributed by atoms with Crippen molar-refractivity contribution in [3.8, 4) is 5.75 Å². The maximum absolute atomic E-state index is 8.67. The van der Waals surface area contributed by atoms with Gasteiger partial charge in [-0.15, -0.1) is 0 Å². The largest absolute Gasteiger partial charge is 0.494 e. The number of rotatable bonds is 9. The van der Waals surface area contributed by atoms with E-state index < -0.39 is 0 Å². The third-order valence-corrected chi connectivity index (χ3v) is 3.66. The van der Waals surface area contributed by atoms with Gasteiger partial charge in [0.15, 0.2) is 0 Å². The summed E-state index contributed by atoms with van der Waals surface area (Å²) in [5.74, 6) is 0.928. The summed E-state index contributed by atoms with van der Waals surface area (Å²) in [6.07, 6.45) is 2.09.